The lowest BCUT2D eigenvalue weighted by Crippen LogP contribution is -2.13. The van der Waals surface area contributed by atoms with Crippen molar-refractivity contribution >= 4 is 11.9 Å². The molecule has 0 heterocycles. The number of ether oxygens (including phenoxy) is 2. The summed E-state index contributed by atoms with van der Waals surface area (Å²) in [4.78, 5) is 22.7. The topological polar surface area (TPSA) is 52.6 Å². The van der Waals surface area contributed by atoms with Crippen molar-refractivity contribution in [1.29, 1.82) is 0 Å². The molecule has 0 aliphatic rings. The monoisotopic (exact) mass is 530 g/mol. The second-order valence-corrected chi connectivity index (χ2v) is 11.6. The Morgan fingerprint density at radius 1 is 0.553 bits per heavy atom. The van der Waals surface area contributed by atoms with Gasteiger partial charge in [0.1, 0.15) is 0 Å². The van der Waals surface area contributed by atoms with Gasteiger partial charge in [-0.05, 0) is 90.9 Å². The van der Waals surface area contributed by atoms with Crippen molar-refractivity contribution in [3.63, 3.8) is 0 Å². The van der Waals surface area contributed by atoms with Crippen LogP contribution in [0.25, 0.3) is 0 Å². The van der Waals surface area contributed by atoms with Crippen LogP contribution in [0.15, 0.2) is 46.6 Å². The number of hydrogen-bond donors (Lipinski definition) is 0. The molecule has 0 saturated heterocycles. The highest BCUT2D eigenvalue weighted by Gasteiger charge is 2.18. The van der Waals surface area contributed by atoms with Crippen LogP contribution in [0.4, 0.5) is 0 Å². The van der Waals surface area contributed by atoms with Crippen LogP contribution in [0, 0.1) is 23.7 Å². The van der Waals surface area contributed by atoms with Crippen LogP contribution in [0.5, 0.6) is 0 Å². The molecule has 0 aromatic carbocycles. The fourth-order valence-electron chi connectivity index (χ4n) is 4.91. The second kappa shape index (κ2) is 20.8. The first-order valence-corrected chi connectivity index (χ1v) is 14.7. The third kappa shape index (κ3) is 17.4. The fourth-order valence-corrected chi connectivity index (χ4v) is 4.91. The van der Waals surface area contributed by atoms with Crippen molar-refractivity contribution in [2.75, 3.05) is 14.2 Å². The summed E-state index contributed by atoms with van der Waals surface area (Å²) in [5.41, 5.74) is 5.59. The zero-order chi connectivity index (χ0) is 29.1. The summed E-state index contributed by atoms with van der Waals surface area (Å²) in [7, 11) is 2.91. The third-order valence-electron chi connectivity index (χ3n) is 7.53. The molecule has 0 spiro atoms. The summed E-state index contributed by atoms with van der Waals surface area (Å²) < 4.78 is 9.51. The predicted octanol–water partition coefficient (Wildman–Crippen LogP) is 9.56. The van der Waals surface area contributed by atoms with Gasteiger partial charge >= 0.3 is 11.9 Å². The maximum Gasteiger partial charge on any atom is 0.305 e. The van der Waals surface area contributed by atoms with E-state index in [-0.39, 0.29) is 11.9 Å². The number of unbranched alkanes of at least 4 members (excludes halogenated alkanes) is 4. The van der Waals surface area contributed by atoms with Crippen molar-refractivity contribution in [2.24, 2.45) is 23.7 Å². The van der Waals surface area contributed by atoms with E-state index in [0.717, 1.165) is 51.4 Å². The molecule has 38 heavy (non-hydrogen) atoms. The minimum Gasteiger partial charge on any atom is -0.469 e. The quantitative estimate of drug-likeness (QED) is 0.0947. The number of esters is 2. The van der Waals surface area contributed by atoms with Crippen molar-refractivity contribution in [2.45, 2.75) is 120 Å². The van der Waals surface area contributed by atoms with E-state index in [0.29, 0.717) is 36.5 Å². The van der Waals surface area contributed by atoms with Gasteiger partial charge in [-0.25, -0.2) is 0 Å². The molecule has 4 nitrogen and oxygen atoms in total. The number of carbonyl (C=O) groups excluding carboxylic acids is 2. The Hall–Kier alpha value is -2.10. The van der Waals surface area contributed by atoms with E-state index < -0.39 is 0 Å². The van der Waals surface area contributed by atoms with Gasteiger partial charge in [-0.1, -0.05) is 86.1 Å². The van der Waals surface area contributed by atoms with Crippen LogP contribution in [0.1, 0.15) is 120 Å². The lowest BCUT2D eigenvalue weighted by atomic mass is 9.81. The summed E-state index contributed by atoms with van der Waals surface area (Å²) >= 11 is 0. The summed E-state index contributed by atoms with van der Waals surface area (Å²) in [6, 6.07) is 0. The van der Waals surface area contributed by atoms with E-state index in [1.54, 1.807) is 0 Å². The van der Waals surface area contributed by atoms with Gasteiger partial charge in [-0.15, -0.1) is 0 Å². The third-order valence-corrected chi connectivity index (χ3v) is 7.53. The first-order chi connectivity index (χ1) is 17.9. The molecular weight excluding hydrogens is 472 g/mol. The molecule has 4 unspecified atom stereocenters. The van der Waals surface area contributed by atoms with Crippen LogP contribution in [0.3, 0.4) is 0 Å². The summed E-state index contributed by atoms with van der Waals surface area (Å²) in [6.45, 7) is 18.0. The fraction of sp³-hybridized carbons (Fsp3) is 0.706. The van der Waals surface area contributed by atoms with Gasteiger partial charge in [-0.3, -0.25) is 9.59 Å². The summed E-state index contributed by atoms with van der Waals surface area (Å²) in [6.07, 6.45) is 19.1. The zero-order valence-electron chi connectivity index (χ0n) is 26.3. The molecule has 218 valence electrons. The molecule has 0 saturated carbocycles. The SMILES string of the molecule is COC(=O)CCCCCC(C=C(C)C)/C=C(\C)C(C)C(C)/C(C)=C/C(C=C(C)C)CCCCCC(=O)OC. The minimum atomic E-state index is -0.113. The van der Waals surface area contributed by atoms with Crippen molar-refractivity contribution < 1.29 is 19.1 Å². The molecule has 4 heteroatoms. The highest BCUT2D eigenvalue weighted by Crippen LogP contribution is 2.30. The summed E-state index contributed by atoms with van der Waals surface area (Å²) in [5, 5.41) is 0. The van der Waals surface area contributed by atoms with E-state index in [9.17, 15) is 9.59 Å². The summed E-state index contributed by atoms with van der Waals surface area (Å²) in [5.74, 6) is 1.56. The number of carbonyl (C=O) groups is 2. The average molecular weight is 531 g/mol. The number of hydrogen-bond acceptors (Lipinski definition) is 4. The van der Waals surface area contributed by atoms with E-state index >= 15 is 0 Å². The Labute approximate surface area is 235 Å². The number of allylic oxidation sites excluding steroid dienone is 8. The Balaban J connectivity index is 5.21. The molecule has 0 radical (unpaired) electrons. The Bertz CT molecular complexity index is 738. The largest absolute Gasteiger partial charge is 0.469 e. The molecule has 0 aliphatic heterocycles. The Kier molecular flexibility index (Phi) is 19.7. The van der Waals surface area contributed by atoms with Crippen LogP contribution in [0.2, 0.25) is 0 Å². The molecule has 0 N–H and O–H groups in total. The van der Waals surface area contributed by atoms with Crippen LogP contribution in [-0.2, 0) is 19.1 Å². The Morgan fingerprint density at radius 3 is 1.18 bits per heavy atom. The van der Waals surface area contributed by atoms with Crippen LogP contribution < -0.4 is 0 Å². The van der Waals surface area contributed by atoms with E-state index in [1.807, 2.05) is 0 Å². The first-order valence-electron chi connectivity index (χ1n) is 14.7. The van der Waals surface area contributed by atoms with Gasteiger partial charge in [0, 0.05) is 12.8 Å². The van der Waals surface area contributed by atoms with Gasteiger partial charge < -0.3 is 9.47 Å². The van der Waals surface area contributed by atoms with Crippen molar-refractivity contribution in [3.8, 4) is 0 Å². The zero-order valence-corrected chi connectivity index (χ0v) is 26.3. The Morgan fingerprint density at radius 2 is 0.895 bits per heavy atom. The number of methoxy groups -OCH3 is 2. The maximum atomic E-state index is 11.4. The van der Waals surface area contributed by atoms with Crippen molar-refractivity contribution in [1.82, 2.24) is 0 Å². The molecule has 0 rings (SSSR count). The van der Waals surface area contributed by atoms with Gasteiger partial charge in [0.2, 0.25) is 0 Å². The van der Waals surface area contributed by atoms with E-state index in [2.05, 4.69) is 79.7 Å². The molecule has 0 aromatic heterocycles. The van der Waals surface area contributed by atoms with Crippen LogP contribution >= 0.6 is 0 Å². The van der Waals surface area contributed by atoms with Crippen LogP contribution in [-0.4, -0.2) is 26.2 Å². The first kappa shape index (κ1) is 35.9. The highest BCUT2D eigenvalue weighted by molar-refractivity contribution is 5.69. The molecule has 0 aliphatic carbocycles. The van der Waals surface area contributed by atoms with E-state index in [1.165, 1.54) is 36.5 Å². The molecule has 0 amide bonds. The van der Waals surface area contributed by atoms with Gasteiger partial charge in [0.05, 0.1) is 14.2 Å². The highest BCUT2D eigenvalue weighted by atomic mass is 16.5. The molecule has 4 atom stereocenters. The lowest BCUT2D eigenvalue weighted by molar-refractivity contribution is -0.141. The second-order valence-electron chi connectivity index (χ2n) is 11.6. The van der Waals surface area contributed by atoms with E-state index in [4.69, 9.17) is 9.47 Å². The van der Waals surface area contributed by atoms with Gasteiger partial charge in [0.25, 0.3) is 0 Å². The van der Waals surface area contributed by atoms with Gasteiger partial charge in [0.15, 0.2) is 0 Å². The van der Waals surface area contributed by atoms with Crippen molar-refractivity contribution in [3.05, 3.63) is 46.6 Å². The molecule has 0 fully saturated rings. The maximum absolute atomic E-state index is 11.4. The number of rotatable bonds is 19. The standard InChI is InChI=1S/C34H58O4/c1-25(2)21-31(17-13-11-15-19-33(35)37-9)23-27(5)29(7)30(8)28(6)24-32(22-26(3)4)18-14-12-16-20-34(36)38-10/h21-24,29-32H,11-20H2,1-10H3/b27-23+,28-24+. The molecular formula is C34H58O4. The normalized spacial score (nSPS) is 15.2. The molecule has 0 bridgehead atoms. The van der Waals surface area contributed by atoms with Gasteiger partial charge in [-0.2, -0.15) is 0 Å². The predicted molar refractivity (Wildman–Crippen MR) is 162 cm³/mol. The molecule has 0 aromatic rings. The average Bonchev–Trinajstić information content (AvgIpc) is 2.85. The lowest BCUT2D eigenvalue weighted by Gasteiger charge is -2.24. The minimum absolute atomic E-state index is 0.113. The smallest absolute Gasteiger partial charge is 0.305 e.